The number of carbonyl (C=O) groups excluding carboxylic acids is 1. The molecule has 0 radical (unpaired) electrons. The van der Waals surface area contributed by atoms with Crippen LogP contribution in [0, 0.1) is 0 Å². The van der Waals surface area contributed by atoms with Gasteiger partial charge in [-0.05, 0) is 23.1 Å². The van der Waals surface area contributed by atoms with E-state index in [1.165, 1.54) is 16.7 Å². The number of nitrogens with two attached hydrogens (primary N) is 1. The molecule has 0 spiro atoms. The molecule has 2 aromatic carbocycles. The molecular formula is C20H23N3O. The van der Waals surface area contributed by atoms with Crippen LogP contribution in [0.5, 0.6) is 0 Å². The van der Waals surface area contributed by atoms with E-state index in [2.05, 4.69) is 58.7 Å². The molecule has 3 unspecified atom stereocenters. The highest BCUT2D eigenvalue weighted by atomic mass is 16.1. The third kappa shape index (κ3) is 2.57. The molecule has 4 heteroatoms. The second-order valence-electron chi connectivity index (χ2n) is 6.62. The second-order valence-corrected chi connectivity index (χ2v) is 6.62. The van der Waals surface area contributed by atoms with Gasteiger partial charge in [0.05, 0.1) is 18.6 Å². The number of piperazine rings is 1. The average Bonchev–Trinajstić information content (AvgIpc) is 2.65. The largest absolute Gasteiger partial charge is 0.324 e. The van der Waals surface area contributed by atoms with Crippen molar-refractivity contribution in [3.63, 3.8) is 0 Å². The number of hydrogen-bond acceptors (Lipinski definition) is 4. The van der Waals surface area contributed by atoms with Crippen LogP contribution in [0.2, 0.25) is 0 Å². The van der Waals surface area contributed by atoms with Crippen molar-refractivity contribution in [1.29, 1.82) is 0 Å². The van der Waals surface area contributed by atoms with Crippen molar-refractivity contribution in [2.24, 2.45) is 5.73 Å². The predicted octanol–water partition coefficient (Wildman–Crippen LogP) is 1.50. The molecule has 24 heavy (non-hydrogen) atoms. The van der Waals surface area contributed by atoms with Crippen LogP contribution in [-0.4, -0.2) is 42.4 Å². The summed E-state index contributed by atoms with van der Waals surface area (Å²) in [7, 11) is 0. The summed E-state index contributed by atoms with van der Waals surface area (Å²) in [5.74, 6) is 0.107. The van der Waals surface area contributed by atoms with Crippen molar-refractivity contribution in [1.82, 2.24) is 10.2 Å². The van der Waals surface area contributed by atoms with E-state index in [1.54, 1.807) is 0 Å². The Morgan fingerprint density at radius 1 is 1.12 bits per heavy atom. The van der Waals surface area contributed by atoms with Crippen LogP contribution in [-0.2, 0) is 11.2 Å². The minimum atomic E-state index is -0.177. The highest BCUT2D eigenvalue weighted by Crippen LogP contribution is 2.39. The molecule has 2 aliphatic rings. The van der Waals surface area contributed by atoms with Gasteiger partial charge in [0.25, 0.3) is 0 Å². The molecule has 2 aliphatic heterocycles. The number of hydrogen-bond donors (Lipinski definition) is 2. The van der Waals surface area contributed by atoms with Gasteiger partial charge in [0.15, 0.2) is 5.78 Å². The Hall–Kier alpha value is -2.01. The van der Waals surface area contributed by atoms with Gasteiger partial charge < -0.3 is 11.1 Å². The number of ketones is 1. The lowest BCUT2D eigenvalue weighted by Crippen LogP contribution is -2.64. The highest BCUT2D eigenvalue weighted by molar-refractivity contribution is 5.86. The second kappa shape index (κ2) is 6.48. The fourth-order valence-corrected chi connectivity index (χ4v) is 4.25. The van der Waals surface area contributed by atoms with Gasteiger partial charge in [0.2, 0.25) is 0 Å². The fraction of sp³-hybridized carbons (Fsp3) is 0.350. The lowest BCUT2D eigenvalue weighted by molar-refractivity contribution is -0.122. The SMILES string of the molecule is NCC(=O)C1NCCN2C(c3ccccc3)c3ccccc3CC12. The van der Waals surface area contributed by atoms with Crippen molar-refractivity contribution in [2.75, 3.05) is 19.6 Å². The zero-order valence-corrected chi connectivity index (χ0v) is 13.7. The molecule has 1 fully saturated rings. The Bertz CT molecular complexity index is 731. The third-order valence-corrected chi connectivity index (χ3v) is 5.32. The molecule has 4 nitrogen and oxygen atoms in total. The summed E-state index contributed by atoms with van der Waals surface area (Å²) in [6.07, 6.45) is 0.892. The van der Waals surface area contributed by atoms with Crippen molar-refractivity contribution in [3.05, 3.63) is 71.3 Å². The first-order valence-electron chi connectivity index (χ1n) is 8.64. The summed E-state index contributed by atoms with van der Waals surface area (Å²) in [6, 6.07) is 19.4. The molecule has 0 bridgehead atoms. The molecule has 3 N–H and O–H groups in total. The lowest BCUT2D eigenvalue weighted by atomic mass is 9.80. The molecule has 2 heterocycles. The summed E-state index contributed by atoms with van der Waals surface area (Å²) < 4.78 is 0. The summed E-state index contributed by atoms with van der Waals surface area (Å²) in [5.41, 5.74) is 9.65. The third-order valence-electron chi connectivity index (χ3n) is 5.32. The van der Waals surface area contributed by atoms with Crippen LogP contribution < -0.4 is 11.1 Å². The van der Waals surface area contributed by atoms with Crippen molar-refractivity contribution in [3.8, 4) is 0 Å². The van der Waals surface area contributed by atoms with E-state index >= 15 is 0 Å². The Morgan fingerprint density at radius 2 is 1.88 bits per heavy atom. The lowest BCUT2D eigenvalue weighted by Gasteiger charge is -2.49. The quantitative estimate of drug-likeness (QED) is 0.899. The Balaban J connectivity index is 1.81. The monoisotopic (exact) mass is 321 g/mol. The molecule has 0 aromatic heterocycles. The zero-order chi connectivity index (χ0) is 16.5. The van der Waals surface area contributed by atoms with Crippen LogP contribution in [0.25, 0.3) is 0 Å². The molecule has 0 amide bonds. The van der Waals surface area contributed by atoms with Crippen LogP contribution in [0.3, 0.4) is 0 Å². The van der Waals surface area contributed by atoms with E-state index in [9.17, 15) is 4.79 Å². The van der Waals surface area contributed by atoms with E-state index in [0.29, 0.717) is 0 Å². The van der Waals surface area contributed by atoms with Crippen molar-refractivity contribution >= 4 is 5.78 Å². The molecule has 0 aliphatic carbocycles. The van der Waals surface area contributed by atoms with Crippen LogP contribution in [0.1, 0.15) is 22.7 Å². The number of rotatable bonds is 3. The molecule has 124 valence electrons. The smallest absolute Gasteiger partial charge is 0.164 e. The number of nitrogens with zero attached hydrogens (tertiary/aromatic N) is 1. The minimum absolute atomic E-state index is 0.0969. The van der Waals surface area contributed by atoms with Crippen LogP contribution >= 0.6 is 0 Å². The molecular weight excluding hydrogens is 298 g/mol. The van der Waals surface area contributed by atoms with Gasteiger partial charge in [0, 0.05) is 19.1 Å². The minimum Gasteiger partial charge on any atom is -0.324 e. The molecule has 3 atom stereocenters. The first-order valence-corrected chi connectivity index (χ1v) is 8.64. The van der Waals surface area contributed by atoms with Gasteiger partial charge in [-0.2, -0.15) is 0 Å². The number of nitrogens with one attached hydrogen (secondary N) is 1. The van der Waals surface area contributed by atoms with Gasteiger partial charge in [-0.25, -0.2) is 0 Å². The van der Waals surface area contributed by atoms with Crippen molar-refractivity contribution < 1.29 is 4.79 Å². The Morgan fingerprint density at radius 3 is 2.67 bits per heavy atom. The summed E-state index contributed by atoms with van der Waals surface area (Å²) in [6.45, 7) is 1.85. The molecule has 0 saturated carbocycles. The Labute approximate surface area is 142 Å². The number of benzene rings is 2. The first-order chi connectivity index (χ1) is 11.8. The maximum absolute atomic E-state index is 12.4. The molecule has 1 saturated heterocycles. The van der Waals surface area contributed by atoms with Gasteiger partial charge >= 0.3 is 0 Å². The first kappa shape index (κ1) is 15.5. The summed E-state index contributed by atoms with van der Waals surface area (Å²) in [4.78, 5) is 14.9. The maximum Gasteiger partial charge on any atom is 0.164 e. The van der Waals surface area contributed by atoms with Gasteiger partial charge in [-0.1, -0.05) is 54.6 Å². The summed E-state index contributed by atoms with van der Waals surface area (Å²) >= 11 is 0. The maximum atomic E-state index is 12.4. The highest BCUT2D eigenvalue weighted by Gasteiger charge is 2.42. The summed E-state index contributed by atoms with van der Waals surface area (Å²) in [5, 5.41) is 3.40. The van der Waals surface area contributed by atoms with Crippen LogP contribution in [0.4, 0.5) is 0 Å². The number of carbonyl (C=O) groups is 1. The normalized spacial score (nSPS) is 26.5. The van der Waals surface area contributed by atoms with Crippen LogP contribution in [0.15, 0.2) is 54.6 Å². The fourth-order valence-electron chi connectivity index (χ4n) is 4.25. The van der Waals surface area contributed by atoms with E-state index in [4.69, 9.17) is 5.73 Å². The average molecular weight is 321 g/mol. The van der Waals surface area contributed by atoms with Crippen molar-refractivity contribution in [2.45, 2.75) is 24.5 Å². The van der Waals surface area contributed by atoms with E-state index in [0.717, 1.165) is 19.5 Å². The van der Waals surface area contributed by atoms with E-state index in [1.807, 2.05) is 6.07 Å². The standard InChI is InChI=1S/C20H23N3O/c21-13-18(24)19-17-12-15-8-4-5-9-16(15)20(23(17)11-10-22-19)14-6-2-1-3-7-14/h1-9,17,19-20,22H,10-13,21H2. The van der Waals surface area contributed by atoms with Gasteiger partial charge in [0.1, 0.15) is 0 Å². The topological polar surface area (TPSA) is 58.4 Å². The number of Topliss-reactive ketones (excluding diaryl/α,β-unsaturated/α-hetero) is 1. The Kier molecular flexibility index (Phi) is 4.19. The van der Waals surface area contributed by atoms with E-state index < -0.39 is 0 Å². The number of fused-ring (bicyclic) bond motifs is 2. The predicted molar refractivity (Wildman–Crippen MR) is 94.8 cm³/mol. The molecule has 4 rings (SSSR count). The van der Waals surface area contributed by atoms with Gasteiger partial charge in [-0.3, -0.25) is 9.69 Å². The van der Waals surface area contributed by atoms with E-state index in [-0.39, 0.29) is 30.5 Å². The van der Waals surface area contributed by atoms with Gasteiger partial charge in [-0.15, -0.1) is 0 Å². The zero-order valence-electron chi connectivity index (χ0n) is 13.7. The molecule has 2 aromatic rings.